The van der Waals surface area contributed by atoms with Crippen LogP contribution in [0.3, 0.4) is 0 Å². The van der Waals surface area contributed by atoms with Gasteiger partial charge in [0.05, 0.1) is 5.02 Å². The van der Waals surface area contributed by atoms with Crippen LogP contribution in [0.2, 0.25) is 10.0 Å². The second-order valence-electron chi connectivity index (χ2n) is 5.42. The van der Waals surface area contributed by atoms with Crippen molar-refractivity contribution in [3.8, 4) is 5.75 Å². The lowest BCUT2D eigenvalue weighted by Gasteiger charge is -2.09. The number of ether oxygens (including phenoxy) is 1. The molecule has 0 aliphatic heterocycles. The first-order valence-electron chi connectivity index (χ1n) is 7.35. The van der Waals surface area contributed by atoms with Crippen LogP contribution in [0.15, 0.2) is 24.3 Å². The van der Waals surface area contributed by atoms with E-state index in [1.54, 1.807) is 18.2 Å². The smallest absolute Gasteiger partial charge is 0.257 e. The molecule has 0 saturated heterocycles. The second kappa shape index (κ2) is 7.75. The number of halogens is 2. The van der Waals surface area contributed by atoms with Gasteiger partial charge in [-0.15, -0.1) is 0 Å². The van der Waals surface area contributed by atoms with Gasteiger partial charge < -0.3 is 14.6 Å². The number of carbonyl (C=O) groups is 1. The summed E-state index contributed by atoms with van der Waals surface area (Å²) >= 11 is 11.8. The van der Waals surface area contributed by atoms with Crippen LogP contribution in [0.1, 0.15) is 17.0 Å². The molecule has 0 spiro atoms. The number of rotatable bonds is 6. The quantitative estimate of drug-likeness (QED) is 0.859. The highest BCUT2D eigenvalue weighted by Crippen LogP contribution is 2.27. The van der Waals surface area contributed by atoms with Crippen molar-refractivity contribution < 1.29 is 9.53 Å². The van der Waals surface area contributed by atoms with Gasteiger partial charge >= 0.3 is 0 Å². The number of amides is 1. The summed E-state index contributed by atoms with van der Waals surface area (Å²) in [5.74, 6) is 0.266. The number of benzene rings is 1. The second-order valence-corrected chi connectivity index (χ2v) is 6.26. The van der Waals surface area contributed by atoms with Crippen LogP contribution in [-0.2, 0) is 18.3 Å². The highest BCUT2D eigenvalue weighted by atomic mass is 35.5. The minimum Gasteiger partial charge on any atom is -0.482 e. The van der Waals surface area contributed by atoms with Gasteiger partial charge in [0.15, 0.2) is 6.61 Å². The Morgan fingerprint density at radius 3 is 2.61 bits per heavy atom. The van der Waals surface area contributed by atoms with Crippen LogP contribution in [0.25, 0.3) is 0 Å². The summed E-state index contributed by atoms with van der Waals surface area (Å²) in [6.07, 6.45) is 0.793. The topological polar surface area (TPSA) is 43.3 Å². The fraction of sp³-hybridized carbons (Fsp3) is 0.353. The Morgan fingerprint density at radius 1 is 1.26 bits per heavy atom. The summed E-state index contributed by atoms with van der Waals surface area (Å²) in [7, 11) is 2.04. The van der Waals surface area contributed by atoms with E-state index in [1.165, 1.54) is 17.0 Å². The molecule has 0 fully saturated rings. The number of aromatic nitrogens is 1. The molecule has 0 radical (unpaired) electrons. The maximum absolute atomic E-state index is 11.8. The maximum atomic E-state index is 11.8. The van der Waals surface area contributed by atoms with Crippen LogP contribution >= 0.6 is 23.2 Å². The Bertz CT molecular complexity index is 711. The van der Waals surface area contributed by atoms with Gasteiger partial charge in [0.25, 0.3) is 5.91 Å². The third kappa shape index (κ3) is 4.66. The standard InChI is InChI=1S/C17H20Cl2N2O2/c1-11-8-13(12(2)21(11)3)6-7-20-17(22)10-23-16-5-4-14(18)9-15(16)19/h4-5,8-9H,6-7,10H2,1-3H3,(H,20,22). The first-order valence-corrected chi connectivity index (χ1v) is 8.10. The molecule has 0 aliphatic rings. The summed E-state index contributed by atoms with van der Waals surface area (Å²) in [5, 5.41) is 3.76. The predicted molar refractivity (Wildman–Crippen MR) is 93.6 cm³/mol. The zero-order valence-corrected chi connectivity index (χ0v) is 15.0. The van der Waals surface area contributed by atoms with Gasteiger partial charge in [-0.05, 0) is 50.1 Å². The third-order valence-electron chi connectivity index (χ3n) is 3.85. The number of nitrogens with one attached hydrogen (secondary N) is 1. The Morgan fingerprint density at radius 2 is 2.00 bits per heavy atom. The van der Waals surface area contributed by atoms with Gasteiger partial charge in [-0.3, -0.25) is 4.79 Å². The lowest BCUT2D eigenvalue weighted by atomic mass is 10.2. The molecular formula is C17H20Cl2N2O2. The summed E-state index contributed by atoms with van der Waals surface area (Å²) in [6.45, 7) is 4.64. The normalized spacial score (nSPS) is 10.7. The van der Waals surface area contributed by atoms with Gasteiger partial charge in [-0.2, -0.15) is 0 Å². The van der Waals surface area contributed by atoms with Crippen molar-refractivity contribution >= 4 is 29.1 Å². The number of hydrogen-bond donors (Lipinski definition) is 1. The molecule has 2 rings (SSSR count). The highest BCUT2D eigenvalue weighted by molar-refractivity contribution is 6.35. The Kier molecular flexibility index (Phi) is 5.97. The molecule has 0 unspecified atom stereocenters. The van der Waals surface area contributed by atoms with Gasteiger partial charge in [0.1, 0.15) is 5.75 Å². The van der Waals surface area contributed by atoms with Crippen molar-refractivity contribution in [2.24, 2.45) is 7.05 Å². The zero-order valence-electron chi connectivity index (χ0n) is 13.5. The average molecular weight is 355 g/mol. The van der Waals surface area contributed by atoms with Crippen LogP contribution in [0.5, 0.6) is 5.75 Å². The van der Waals surface area contributed by atoms with Crippen LogP contribution in [0, 0.1) is 13.8 Å². The number of carbonyl (C=O) groups excluding carboxylic acids is 1. The van der Waals surface area contributed by atoms with E-state index in [9.17, 15) is 4.79 Å². The zero-order chi connectivity index (χ0) is 17.0. The van der Waals surface area contributed by atoms with E-state index in [0.717, 1.165) is 6.42 Å². The molecule has 1 aromatic heterocycles. The average Bonchev–Trinajstić information content (AvgIpc) is 2.74. The molecule has 2 aromatic rings. The molecule has 23 heavy (non-hydrogen) atoms. The van der Waals surface area contributed by atoms with Gasteiger partial charge in [0.2, 0.25) is 0 Å². The number of hydrogen-bond acceptors (Lipinski definition) is 2. The van der Waals surface area contributed by atoms with Gasteiger partial charge in [-0.25, -0.2) is 0 Å². The fourth-order valence-electron chi connectivity index (χ4n) is 2.31. The molecule has 6 heteroatoms. The molecule has 1 aromatic carbocycles. The van der Waals surface area contributed by atoms with E-state index in [-0.39, 0.29) is 12.5 Å². The summed E-state index contributed by atoms with van der Waals surface area (Å²) in [4.78, 5) is 11.8. The molecule has 1 amide bonds. The SMILES string of the molecule is Cc1cc(CCNC(=O)COc2ccc(Cl)cc2Cl)c(C)n1C. The van der Waals surface area contributed by atoms with Crippen molar-refractivity contribution in [2.45, 2.75) is 20.3 Å². The van der Waals surface area contributed by atoms with Crippen LogP contribution in [0.4, 0.5) is 0 Å². The lowest BCUT2D eigenvalue weighted by Crippen LogP contribution is -2.30. The van der Waals surface area contributed by atoms with Crippen molar-refractivity contribution in [3.05, 3.63) is 51.3 Å². The fourth-order valence-corrected chi connectivity index (χ4v) is 2.77. The molecule has 1 heterocycles. The first kappa shape index (κ1) is 17.7. The summed E-state index contributed by atoms with van der Waals surface area (Å²) < 4.78 is 7.54. The third-order valence-corrected chi connectivity index (χ3v) is 4.38. The van der Waals surface area contributed by atoms with Crippen molar-refractivity contribution in [1.82, 2.24) is 9.88 Å². The van der Waals surface area contributed by atoms with Crippen molar-refractivity contribution in [1.29, 1.82) is 0 Å². The molecule has 0 aliphatic carbocycles. The van der Waals surface area contributed by atoms with E-state index < -0.39 is 0 Å². The Balaban J connectivity index is 1.78. The van der Waals surface area contributed by atoms with Crippen LogP contribution in [-0.4, -0.2) is 23.6 Å². The number of nitrogens with zero attached hydrogens (tertiary/aromatic N) is 1. The van der Waals surface area contributed by atoms with Crippen LogP contribution < -0.4 is 10.1 Å². The van der Waals surface area contributed by atoms with E-state index in [2.05, 4.69) is 29.8 Å². The molecule has 0 saturated carbocycles. The molecule has 0 bridgehead atoms. The molecular weight excluding hydrogens is 335 g/mol. The minimum atomic E-state index is -0.179. The largest absolute Gasteiger partial charge is 0.482 e. The van der Waals surface area contributed by atoms with Crippen molar-refractivity contribution in [3.63, 3.8) is 0 Å². The lowest BCUT2D eigenvalue weighted by molar-refractivity contribution is -0.123. The maximum Gasteiger partial charge on any atom is 0.257 e. The van der Waals surface area contributed by atoms with E-state index in [0.29, 0.717) is 22.3 Å². The molecule has 4 nitrogen and oxygen atoms in total. The van der Waals surface area contributed by atoms with E-state index >= 15 is 0 Å². The summed E-state index contributed by atoms with van der Waals surface area (Å²) in [6, 6.07) is 7.04. The molecule has 124 valence electrons. The number of aryl methyl sites for hydroxylation is 1. The van der Waals surface area contributed by atoms with Crippen molar-refractivity contribution in [2.75, 3.05) is 13.2 Å². The minimum absolute atomic E-state index is 0.0752. The predicted octanol–water partition coefficient (Wildman–Crippen LogP) is 3.69. The Labute approximate surface area is 146 Å². The highest BCUT2D eigenvalue weighted by Gasteiger charge is 2.08. The van der Waals surface area contributed by atoms with Gasteiger partial charge in [0, 0.05) is 30.0 Å². The summed E-state index contributed by atoms with van der Waals surface area (Å²) in [5.41, 5.74) is 3.68. The monoisotopic (exact) mass is 354 g/mol. The van der Waals surface area contributed by atoms with E-state index in [4.69, 9.17) is 27.9 Å². The molecule has 1 N–H and O–H groups in total. The van der Waals surface area contributed by atoms with Gasteiger partial charge in [-0.1, -0.05) is 23.2 Å². The first-order chi connectivity index (χ1) is 10.9. The molecule has 0 atom stereocenters. The van der Waals surface area contributed by atoms with E-state index in [1.807, 2.05) is 7.05 Å². The Hall–Kier alpha value is -1.65.